The van der Waals surface area contributed by atoms with Crippen molar-refractivity contribution in [2.75, 3.05) is 5.32 Å². The van der Waals surface area contributed by atoms with E-state index in [1.807, 2.05) is 43.3 Å². The molecular formula is C24H18Cl2N2O2. The Hall–Kier alpha value is -3.26. The lowest BCUT2D eigenvalue weighted by molar-refractivity contribution is -0.112. The molecule has 0 bridgehead atoms. The molecule has 0 unspecified atom stereocenters. The smallest absolute Gasteiger partial charge is 0.266 e. The topological polar surface area (TPSA) is 62.1 Å². The molecule has 0 fully saturated rings. The maximum absolute atomic E-state index is 12.5. The van der Waals surface area contributed by atoms with Crippen LogP contribution in [0.3, 0.4) is 0 Å². The maximum Gasteiger partial charge on any atom is 0.266 e. The number of rotatable bonds is 6. The van der Waals surface area contributed by atoms with E-state index >= 15 is 0 Å². The van der Waals surface area contributed by atoms with Crippen LogP contribution in [0.15, 0.2) is 72.3 Å². The Labute approximate surface area is 185 Å². The van der Waals surface area contributed by atoms with Gasteiger partial charge in [0.1, 0.15) is 24.0 Å². The van der Waals surface area contributed by atoms with E-state index < -0.39 is 5.91 Å². The van der Waals surface area contributed by atoms with Crippen molar-refractivity contribution in [2.45, 2.75) is 13.5 Å². The molecule has 6 heteroatoms. The van der Waals surface area contributed by atoms with Gasteiger partial charge >= 0.3 is 0 Å². The van der Waals surface area contributed by atoms with Crippen LogP contribution >= 0.6 is 23.2 Å². The Morgan fingerprint density at radius 3 is 2.50 bits per heavy atom. The molecule has 0 spiro atoms. The minimum Gasteiger partial charge on any atom is -0.487 e. The summed E-state index contributed by atoms with van der Waals surface area (Å²) in [6, 6.07) is 21.7. The van der Waals surface area contributed by atoms with E-state index in [0.29, 0.717) is 33.7 Å². The number of carbonyl (C=O) groups excluding carboxylic acids is 1. The van der Waals surface area contributed by atoms with Crippen molar-refractivity contribution in [1.29, 1.82) is 5.26 Å². The molecule has 1 amide bonds. The number of hydrogen-bond donors (Lipinski definition) is 1. The maximum atomic E-state index is 12.5. The number of halogens is 2. The first kappa shape index (κ1) is 21.4. The summed E-state index contributed by atoms with van der Waals surface area (Å²) >= 11 is 12.2. The summed E-state index contributed by atoms with van der Waals surface area (Å²) in [5.41, 5.74) is 3.12. The highest BCUT2D eigenvalue weighted by molar-refractivity contribution is 6.32. The Morgan fingerprint density at radius 2 is 1.83 bits per heavy atom. The lowest BCUT2D eigenvalue weighted by Crippen LogP contribution is -2.14. The molecule has 0 atom stereocenters. The predicted octanol–water partition coefficient (Wildman–Crippen LogP) is 6.43. The molecule has 4 nitrogen and oxygen atoms in total. The molecule has 0 saturated carbocycles. The summed E-state index contributed by atoms with van der Waals surface area (Å²) in [6.07, 6.45) is 1.49. The number of aryl methyl sites for hydroxylation is 1. The first-order chi connectivity index (χ1) is 14.5. The van der Waals surface area contributed by atoms with Crippen LogP contribution in [-0.4, -0.2) is 5.91 Å². The predicted molar refractivity (Wildman–Crippen MR) is 121 cm³/mol. The average molecular weight is 437 g/mol. The lowest BCUT2D eigenvalue weighted by Gasteiger charge is -2.09. The van der Waals surface area contributed by atoms with Crippen LogP contribution in [-0.2, 0) is 11.4 Å². The van der Waals surface area contributed by atoms with E-state index in [0.717, 1.165) is 11.1 Å². The third-order valence-corrected chi connectivity index (χ3v) is 4.88. The van der Waals surface area contributed by atoms with E-state index in [1.54, 1.807) is 36.4 Å². The van der Waals surface area contributed by atoms with Gasteiger partial charge in [-0.1, -0.05) is 59.6 Å². The average Bonchev–Trinajstić information content (AvgIpc) is 2.74. The Kier molecular flexibility index (Phi) is 7.13. The summed E-state index contributed by atoms with van der Waals surface area (Å²) in [5, 5.41) is 13.2. The number of ether oxygens (including phenoxy) is 1. The zero-order chi connectivity index (χ0) is 21.5. The highest BCUT2D eigenvalue weighted by atomic mass is 35.5. The number of benzene rings is 3. The van der Waals surface area contributed by atoms with Gasteiger partial charge < -0.3 is 10.1 Å². The fourth-order valence-corrected chi connectivity index (χ4v) is 3.05. The van der Waals surface area contributed by atoms with Crippen LogP contribution in [0.2, 0.25) is 10.0 Å². The van der Waals surface area contributed by atoms with E-state index in [-0.39, 0.29) is 5.57 Å². The van der Waals surface area contributed by atoms with E-state index in [4.69, 9.17) is 27.9 Å². The van der Waals surface area contributed by atoms with Crippen molar-refractivity contribution in [2.24, 2.45) is 0 Å². The van der Waals surface area contributed by atoms with Crippen molar-refractivity contribution in [3.05, 3.63) is 99.0 Å². The van der Waals surface area contributed by atoms with Crippen molar-refractivity contribution in [1.82, 2.24) is 0 Å². The zero-order valence-corrected chi connectivity index (χ0v) is 17.7. The molecule has 0 aliphatic heterocycles. The second kappa shape index (κ2) is 9.98. The normalized spacial score (nSPS) is 10.9. The fraction of sp³-hybridized carbons (Fsp3) is 0.0833. The third-order valence-electron chi connectivity index (χ3n) is 4.33. The van der Waals surface area contributed by atoms with Gasteiger partial charge in [-0.25, -0.2) is 0 Å². The first-order valence-corrected chi connectivity index (χ1v) is 9.87. The Bertz CT molecular complexity index is 1130. The van der Waals surface area contributed by atoms with Gasteiger partial charge in [0.05, 0.1) is 5.02 Å². The number of nitrogens with one attached hydrogen (secondary N) is 1. The second-order valence-electron chi connectivity index (χ2n) is 6.54. The first-order valence-electron chi connectivity index (χ1n) is 9.12. The molecule has 0 saturated heterocycles. The fourth-order valence-electron chi connectivity index (χ4n) is 2.68. The van der Waals surface area contributed by atoms with Gasteiger partial charge in [0.15, 0.2) is 0 Å². The van der Waals surface area contributed by atoms with Crippen LogP contribution in [0.25, 0.3) is 6.08 Å². The van der Waals surface area contributed by atoms with E-state index in [9.17, 15) is 10.1 Å². The summed E-state index contributed by atoms with van der Waals surface area (Å²) in [5.74, 6) is 0.0256. The van der Waals surface area contributed by atoms with Crippen LogP contribution in [0.1, 0.15) is 16.7 Å². The quantitative estimate of drug-likeness (QED) is 0.357. The van der Waals surface area contributed by atoms with Gasteiger partial charge in [-0.2, -0.15) is 5.26 Å². The van der Waals surface area contributed by atoms with Crippen LogP contribution in [0.4, 0.5) is 5.69 Å². The summed E-state index contributed by atoms with van der Waals surface area (Å²) < 4.78 is 5.75. The lowest BCUT2D eigenvalue weighted by atomic mass is 10.1. The molecule has 150 valence electrons. The summed E-state index contributed by atoms with van der Waals surface area (Å²) in [7, 11) is 0. The molecule has 0 aliphatic carbocycles. The summed E-state index contributed by atoms with van der Waals surface area (Å²) in [6.45, 7) is 2.22. The van der Waals surface area contributed by atoms with Crippen molar-refractivity contribution < 1.29 is 9.53 Å². The number of nitrogens with zero attached hydrogens (tertiary/aromatic N) is 1. The molecule has 3 aromatic rings. The highest BCUT2D eigenvalue weighted by Crippen LogP contribution is 2.27. The van der Waals surface area contributed by atoms with Crippen LogP contribution < -0.4 is 10.1 Å². The van der Waals surface area contributed by atoms with Crippen LogP contribution in [0.5, 0.6) is 5.75 Å². The standard InChI is InChI=1S/C24H18Cl2N2O2/c1-16-4-2-3-5-22(16)28-24(29)19(14-27)12-18-8-11-23(21(26)13-18)30-15-17-6-9-20(25)10-7-17/h2-13H,15H2,1H3,(H,28,29)/b19-12+. The van der Waals surface area contributed by atoms with E-state index in [1.165, 1.54) is 6.08 Å². The second-order valence-corrected chi connectivity index (χ2v) is 7.39. The minimum atomic E-state index is -0.481. The van der Waals surface area contributed by atoms with Gasteiger partial charge in [0, 0.05) is 10.7 Å². The Balaban J connectivity index is 1.71. The zero-order valence-electron chi connectivity index (χ0n) is 16.2. The number of carbonyl (C=O) groups is 1. The Morgan fingerprint density at radius 1 is 1.10 bits per heavy atom. The SMILES string of the molecule is Cc1ccccc1NC(=O)/C(C#N)=C/c1ccc(OCc2ccc(Cl)cc2)c(Cl)c1. The molecule has 0 heterocycles. The largest absolute Gasteiger partial charge is 0.487 e. The number of para-hydroxylation sites is 1. The molecule has 3 rings (SSSR count). The molecule has 1 N–H and O–H groups in total. The highest BCUT2D eigenvalue weighted by Gasteiger charge is 2.11. The molecule has 30 heavy (non-hydrogen) atoms. The number of nitriles is 1. The third kappa shape index (κ3) is 5.64. The molecule has 0 aliphatic rings. The monoisotopic (exact) mass is 436 g/mol. The molecule has 3 aromatic carbocycles. The van der Waals surface area contributed by atoms with Crippen molar-refractivity contribution >= 4 is 40.9 Å². The number of hydrogen-bond acceptors (Lipinski definition) is 3. The van der Waals surface area contributed by atoms with Crippen LogP contribution in [0, 0.1) is 18.3 Å². The van der Waals surface area contributed by atoms with Crippen molar-refractivity contribution in [3.63, 3.8) is 0 Å². The summed E-state index contributed by atoms with van der Waals surface area (Å²) in [4.78, 5) is 12.5. The molecule has 0 aromatic heterocycles. The molecular weight excluding hydrogens is 419 g/mol. The number of anilines is 1. The molecule has 0 radical (unpaired) electrons. The van der Waals surface area contributed by atoms with Gasteiger partial charge in [0.25, 0.3) is 5.91 Å². The van der Waals surface area contributed by atoms with Gasteiger partial charge in [-0.3, -0.25) is 4.79 Å². The van der Waals surface area contributed by atoms with Gasteiger partial charge in [0.2, 0.25) is 0 Å². The number of amides is 1. The minimum absolute atomic E-state index is 0.0239. The van der Waals surface area contributed by atoms with E-state index in [2.05, 4.69) is 5.32 Å². The van der Waals surface area contributed by atoms with Gasteiger partial charge in [-0.15, -0.1) is 0 Å². The van der Waals surface area contributed by atoms with Gasteiger partial charge in [-0.05, 0) is 60.0 Å². The van der Waals surface area contributed by atoms with Crippen molar-refractivity contribution in [3.8, 4) is 11.8 Å².